The number of benzene rings is 2. The molecule has 0 saturated carbocycles. The van der Waals surface area contributed by atoms with Gasteiger partial charge < -0.3 is 14.5 Å². The van der Waals surface area contributed by atoms with Crippen molar-refractivity contribution in [2.75, 3.05) is 14.2 Å². The fourth-order valence-corrected chi connectivity index (χ4v) is 5.40. The number of nitrogens with one attached hydrogen (secondary N) is 1. The van der Waals surface area contributed by atoms with Gasteiger partial charge in [-0.1, -0.05) is 23.7 Å². The van der Waals surface area contributed by atoms with Gasteiger partial charge in [0.1, 0.15) is 16.4 Å². The second kappa shape index (κ2) is 8.50. The van der Waals surface area contributed by atoms with E-state index in [9.17, 15) is 4.21 Å². The molecule has 32 heavy (non-hydrogen) atoms. The lowest BCUT2D eigenvalue weighted by atomic mass is 10.1. The van der Waals surface area contributed by atoms with Gasteiger partial charge in [0.15, 0.2) is 5.16 Å². The Bertz CT molecular complexity index is 1460. The van der Waals surface area contributed by atoms with Gasteiger partial charge in [0.05, 0.1) is 47.2 Å². The van der Waals surface area contributed by atoms with E-state index in [1.54, 1.807) is 14.2 Å². The number of rotatable bonds is 6. The van der Waals surface area contributed by atoms with E-state index >= 15 is 0 Å². The fraction of sp³-hybridized carbons (Fsp3) is 0.136. The number of ether oxygens (including phenoxy) is 2. The van der Waals surface area contributed by atoms with Gasteiger partial charge in [0.25, 0.3) is 0 Å². The van der Waals surface area contributed by atoms with Gasteiger partial charge in [-0.15, -0.1) is 11.3 Å². The molecule has 3 aromatic heterocycles. The van der Waals surface area contributed by atoms with Crippen molar-refractivity contribution < 1.29 is 13.7 Å². The molecule has 5 aromatic rings. The molecular weight excluding hydrogens is 468 g/mol. The van der Waals surface area contributed by atoms with Crippen LogP contribution in [0.1, 0.15) is 5.82 Å². The first-order chi connectivity index (χ1) is 15.6. The van der Waals surface area contributed by atoms with Crippen LogP contribution in [0.4, 0.5) is 0 Å². The van der Waals surface area contributed by atoms with E-state index in [0.717, 1.165) is 26.9 Å². The maximum absolute atomic E-state index is 13.0. The fourth-order valence-electron chi connectivity index (χ4n) is 3.39. The molecule has 0 saturated heterocycles. The standard InChI is InChI=1S/C22H17ClN4O3S2/c1-29-14-7-8-16-17(9-14)25-22(24-16)32(28)11-18-26-20(30-2)19-15(10-31-21(19)27-18)12-3-5-13(23)6-4-12/h3-10H,11H2,1-2H3,(H,24,25). The second-order valence-corrected chi connectivity index (χ2v) is 9.56. The summed E-state index contributed by atoms with van der Waals surface area (Å²) in [7, 11) is 1.71. The Labute approximate surface area is 194 Å². The first kappa shape index (κ1) is 20.9. The summed E-state index contributed by atoms with van der Waals surface area (Å²) in [6, 6.07) is 13.0. The number of aromatic amines is 1. The van der Waals surface area contributed by atoms with Crippen LogP contribution in [0.2, 0.25) is 5.02 Å². The van der Waals surface area contributed by atoms with E-state index in [2.05, 4.69) is 19.9 Å². The van der Waals surface area contributed by atoms with E-state index in [1.165, 1.54) is 11.3 Å². The third-order valence-electron chi connectivity index (χ3n) is 4.94. The van der Waals surface area contributed by atoms with Crippen molar-refractivity contribution in [1.82, 2.24) is 19.9 Å². The third kappa shape index (κ3) is 3.83. The maximum Gasteiger partial charge on any atom is 0.226 e. The number of hydrogen-bond donors (Lipinski definition) is 1. The van der Waals surface area contributed by atoms with Gasteiger partial charge >= 0.3 is 0 Å². The van der Waals surface area contributed by atoms with Crippen molar-refractivity contribution in [1.29, 1.82) is 0 Å². The monoisotopic (exact) mass is 484 g/mol. The second-order valence-electron chi connectivity index (χ2n) is 6.90. The molecule has 10 heteroatoms. The summed E-state index contributed by atoms with van der Waals surface area (Å²) in [5.74, 6) is 1.68. The number of methoxy groups -OCH3 is 2. The molecule has 1 N–H and O–H groups in total. The average Bonchev–Trinajstić information content (AvgIpc) is 3.43. The third-order valence-corrected chi connectivity index (χ3v) is 7.21. The highest BCUT2D eigenvalue weighted by atomic mass is 35.5. The minimum atomic E-state index is -1.46. The Morgan fingerprint density at radius 1 is 1.06 bits per heavy atom. The molecule has 0 bridgehead atoms. The van der Waals surface area contributed by atoms with Crippen molar-refractivity contribution in [3.63, 3.8) is 0 Å². The number of H-pyrrole nitrogens is 1. The lowest BCUT2D eigenvalue weighted by Crippen LogP contribution is -2.04. The molecule has 2 aromatic carbocycles. The first-order valence-electron chi connectivity index (χ1n) is 9.56. The Kier molecular flexibility index (Phi) is 5.54. The normalized spacial score (nSPS) is 12.3. The SMILES string of the molecule is COc1ccc2nc(S(=O)Cc3nc(OC)c4c(-c5ccc(Cl)cc5)csc4n3)[nH]c2c1. The lowest BCUT2D eigenvalue weighted by molar-refractivity contribution is 0.401. The number of imidazole rings is 1. The van der Waals surface area contributed by atoms with Gasteiger partial charge in [-0.25, -0.2) is 9.97 Å². The lowest BCUT2D eigenvalue weighted by Gasteiger charge is -2.07. The minimum Gasteiger partial charge on any atom is -0.497 e. The van der Waals surface area contributed by atoms with Crippen LogP contribution in [0.15, 0.2) is 53.0 Å². The zero-order valence-electron chi connectivity index (χ0n) is 17.1. The van der Waals surface area contributed by atoms with E-state index in [0.29, 0.717) is 33.1 Å². The number of fused-ring (bicyclic) bond motifs is 2. The van der Waals surface area contributed by atoms with Crippen LogP contribution in [0.25, 0.3) is 32.4 Å². The molecule has 0 amide bonds. The van der Waals surface area contributed by atoms with Gasteiger partial charge in [-0.3, -0.25) is 4.21 Å². The maximum atomic E-state index is 13.0. The van der Waals surface area contributed by atoms with E-state index in [1.807, 2.05) is 47.8 Å². The van der Waals surface area contributed by atoms with Crippen LogP contribution in [0.3, 0.4) is 0 Å². The van der Waals surface area contributed by atoms with Crippen molar-refractivity contribution in [3.8, 4) is 22.8 Å². The Morgan fingerprint density at radius 3 is 2.62 bits per heavy atom. The highest BCUT2D eigenvalue weighted by Crippen LogP contribution is 2.38. The molecule has 0 aliphatic carbocycles. The minimum absolute atomic E-state index is 0.109. The largest absolute Gasteiger partial charge is 0.497 e. The quantitative estimate of drug-likeness (QED) is 0.355. The number of thiophene rings is 1. The molecule has 0 aliphatic rings. The van der Waals surface area contributed by atoms with E-state index < -0.39 is 10.8 Å². The van der Waals surface area contributed by atoms with Gasteiger partial charge in [-0.2, -0.15) is 4.98 Å². The predicted molar refractivity (Wildman–Crippen MR) is 127 cm³/mol. The zero-order valence-corrected chi connectivity index (χ0v) is 19.5. The topological polar surface area (TPSA) is 90.0 Å². The predicted octanol–water partition coefficient (Wildman–Crippen LogP) is 5.21. The van der Waals surface area contributed by atoms with Gasteiger partial charge in [-0.05, 0) is 29.8 Å². The van der Waals surface area contributed by atoms with Crippen molar-refractivity contribution in [3.05, 3.63) is 58.7 Å². The molecule has 0 aliphatic heterocycles. The van der Waals surface area contributed by atoms with Crippen molar-refractivity contribution in [2.24, 2.45) is 0 Å². The molecule has 0 radical (unpaired) electrons. The van der Waals surface area contributed by atoms with Crippen LogP contribution in [0, 0.1) is 0 Å². The Hall–Kier alpha value is -3.01. The smallest absolute Gasteiger partial charge is 0.226 e. The number of halogens is 1. The number of aromatic nitrogens is 4. The van der Waals surface area contributed by atoms with Crippen LogP contribution in [-0.4, -0.2) is 38.4 Å². The van der Waals surface area contributed by atoms with Crippen molar-refractivity contribution in [2.45, 2.75) is 10.9 Å². The molecule has 162 valence electrons. The molecule has 3 heterocycles. The first-order valence-corrected chi connectivity index (χ1v) is 12.1. The molecule has 0 fully saturated rings. The van der Waals surface area contributed by atoms with Crippen LogP contribution >= 0.6 is 22.9 Å². The number of nitrogens with zero attached hydrogens (tertiary/aromatic N) is 3. The summed E-state index contributed by atoms with van der Waals surface area (Å²) in [6.45, 7) is 0. The van der Waals surface area contributed by atoms with Crippen molar-refractivity contribution >= 4 is 55.0 Å². The average molecular weight is 485 g/mol. The summed E-state index contributed by atoms with van der Waals surface area (Å²) >= 11 is 7.51. The summed E-state index contributed by atoms with van der Waals surface area (Å²) in [5.41, 5.74) is 3.44. The molecule has 0 spiro atoms. The molecule has 5 rings (SSSR count). The molecule has 1 atom stereocenters. The molecular formula is C22H17ClN4O3S2. The summed E-state index contributed by atoms with van der Waals surface area (Å²) in [6.07, 6.45) is 0. The highest BCUT2D eigenvalue weighted by molar-refractivity contribution is 7.84. The van der Waals surface area contributed by atoms with Gasteiger partial charge in [0, 0.05) is 22.0 Å². The summed E-state index contributed by atoms with van der Waals surface area (Å²) in [5, 5.41) is 3.87. The van der Waals surface area contributed by atoms with E-state index in [4.69, 9.17) is 21.1 Å². The van der Waals surface area contributed by atoms with E-state index in [-0.39, 0.29) is 5.75 Å². The molecule has 1 unspecified atom stereocenters. The number of hydrogen-bond acceptors (Lipinski definition) is 7. The Balaban J connectivity index is 1.48. The highest BCUT2D eigenvalue weighted by Gasteiger charge is 2.19. The molecule has 7 nitrogen and oxygen atoms in total. The summed E-state index contributed by atoms with van der Waals surface area (Å²) < 4.78 is 23.8. The van der Waals surface area contributed by atoms with Crippen LogP contribution < -0.4 is 9.47 Å². The zero-order chi connectivity index (χ0) is 22.2. The van der Waals surface area contributed by atoms with Gasteiger partial charge in [0.2, 0.25) is 5.88 Å². The van der Waals surface area contributed by atoms with Crippen LogP contribution in [0.5, 0.6) is 11.6 Å². The Morgan fingerprint density at radius 2 is 1.88 bits per heavy atom. The van der Waals surface area contributed by atoms with Crippen LogP contribution in [-0.2, 0) is 16.6 Å². The summed E-state index contributed by atoms with van der Waals surface area (Å²) in [4.78, 5) is 17.5.